The van der Waals surface area contributed by atoms with Gasteiger partial charge in [0.05, 0.1) is 9.95 Å². The van der Waals surface area contributed by atoms with Crippen LogP contribution in [0.4, 0.5) is 5.69 Å². The zero-order chi connectivity index (χ0) is 23.4. The zero-order valence-corrected chi connectivity index (χ0v) is 18.9. The van der Waals surface area contributed by atoms with Gasteiger partial charge in [-0.15, -0.1) is 0 Å². The van der Waals surface area contributed by atoms with E-state index in [1.54, 1.807) is 12.3 Å². The van der Waals surface area contributed by atoms with E-state index < -0.39 is 4.92 Å². The number of non-ortho nitro benzene ring substituents is 1. The quantitative estimate of drug-likeness (QED) is 0.386. The number of carbonyl (C=O) groups is 1. The Morgan fingerprint density at radius 2 is 1.94 bits per heavy atom. The highest BCUT2D eigenvalue weighted by atomic mass is 35.5. The van der Waals surface area contributed by atoms with Crippen molar-refractivity contribution >= 4 is 23.2 Å². The number of aryl methyl sites for hydroxylation is 1. The van der Waals surface area contributed by atoms with E-state index in [1.165, 1.54) is 34.0 Å². The Balaban J connectivity index is 1.29. The van der Waals surface area contributed by atoms with Crippen LogP contribution in [0.15, 0.2) is 54.7 Å². The molecule has 4 rings (SSSR count). The van der Waals surface area contributed by atoms with Crippen LogP contribution in [-0.4, -0.2) is 56.6 Å². The van der Waals surface area contributed by atoms with Crippen LogP contribution in [-0.2, 0) is 13.3 Å². The highest BCUT2D eigenvalue weighted by Gasteiger charge is 2.24. The SMILES string of the molecule is Cc1cccc(CN2CCN(C(=O)c3ccn(COc4ccc([N+](=O)[O-])cc4Cl)n3)CC2)c1. The lowest BCUT2D eigenvalue weighted by molar-refractivity contribution is -0.384. The minimum atomic E-state index is -0.524. The van der Waals surface area contributed by atoms with Gasteiger partial charge in [-0.2, -0.15) is 5.10 Å². The number of hydrogen-bond acceptors (Lipinski definition) is 6. The molecule has 1 aliphatic rings. The van der Waals surface area contributed by atoms with E-state index in [9.17, 15) is 14.9 Å². The van der Waals surface area contributed by atoms with Gasteiger partial charge in [0.25, 0.3) is 11.6 Å². The number of amides is 1. The van der Waals surface area contributed by atoms with Crippen LogP contribution in [0.5, 0.6) is 5.75 Å². The number of halogens is 1. The molecule has 172 valence electrons. The molecule has 0 spiro atoms. The van der Waals surface area contributed by atoms with E-state index in [4.69, 9.17) is 16.3 Å². The van der Waals surface area contributed by atoms with Gasteiger partial charge < -0.3 is 9.64 Å². The average molecular weight is 470 g/mol. The maximum atomic E-state index is 12.9. The molecule has 2 aromatic carbocycles. The number of piperazine rings is 1. The van der Waals surface area contributed by atoms with Gasteiger partial charge in [0.15, 0.2) is 12.4 Å². The number of aromatic nitrogens is 2. The molecule has 1 aliphatic heterocycles. The molecule has 1 saturated heterocycles. The fourth-order valence-corrected chi connectivity index (χ4v) is 3.97. The first kappa shape index (κ1) is 22.8. The predicted octanol–water partition coefficient (Wildman–Crippen LogP) is 3.75. The van der Waals surface area contributed by atoms with E-state index in [2.05, 4.69) is 41.2 Å². The summed E-state index contributed by atoms with van der Waals surface area (Å²) in [7, 11) is 0. The van der Waals surface area contributed by atoms with Crippen LogP contribution in [0, 0.1) is 17.0 Å². The normalized spacial score (nSPS) is 14.3. The van der Waals surface area contributed by atoms with Crippen molar-refractivity contribution in [2.24, 2.45) is 0 Å². The third-order valence-corrected chi connectivity index (χ3v) is 5.78. The van der Waals surface area contributed by atoms with Crippen molar-refractivity contribution in [1.82, 2.24) is 19.6 Å². The molecular weight excluding hydrogens is 446 g/mol. The van der Waals surface area contributed by atoms with Crippen LogP contribution in [0.1, 0.15) is 21.6 Å². The van der Waals surface area contributed by atoms with Gasteiger partial charge in [0, 0.05) is 51.1 Å². The monoisotopic (exact) mass is 469 g/mol. The number of benzene rings is 2. The summed E-state index contributed by atoms with van der Waals surface area (Å²) < 4.78 is 7.07. The van der Waals surface area contributed by atoms with E-state index in [0.717, 1.165) is 19.6 Å². The highest BCUT2D eigenvalue weighted by molar-refractivity contribution is 6.32. The molecule has 10 heteroatoms. The molecule has 0 radical (unpaired) electrons. The summed E-state index contributed by atoms with van der Waals surface area (Å²) >= 11 is 6.04. The Kier molecular flexibility index (Phi) is 6.90. The molecule has 0 bridgehead atoms. The highest BCUT2D eigenvalue weighted by Crippen LogP contribution is 2.28. The smallest absolute Gasteiger partial charge is 0.274 e. The third-order valence-electron chi connectivity index (χ3n) is 5.49. The van der Waals surface area contributed by atoms with Gasteiger partial charge in [0.1, 0.15) is 5.75 Å². The second kappa shape index (κ2) is 10.0. The minimum Gasteiger partial charge on any atom is -0.470 e. The summed E-state index contributed by atoms with van der Waals surface area (Å²) in [6.45, 7) is 5.89. The Bertz CT molecular complexity index is 1160. The first-order chi connectivity index (χ1) is 15.9. The molecule has 3 aromatic rings. The third kappa shape index (κ3) is 5.68. The number of hydrogen-bond donors (Lipinski definition) is 0. The summed E-state index contributed by atoms with van der Waals surface area (Å²) in [5.74, 6) is 0.188. The fourth-order valence-electron chi connectivity index (χ4n) is 3.74. The summed E-state index contributed by atoms with van der Waals surface area (Å²) in [5, 5.41) is 15.2. The minimum absolute atomic E-state index is 0.0229. The standard InChI is InChI=1S/C23H24ClN5O4/c1-17-3-2-4-18(13-17)15-26-9-11-27(12-10-26)23(30)21-7-8-28(25-21)16-33-22-6-5-19(29(31)32)14-20(22)24/h2-8,13-14H,9-12,15-16H2,1H3. The van der Waals surface area contributed by atoms with Crippen molar-refractivity contribution in [3.63, 3.8) is 0 Å². The van der Waals surface area contributed by atoms with E-state index in [-0.39, 0.29) is 23.3 Å². The lowest BCUT2D eigenvalue weighted by atomic mass is 10.1. The Morgan fingerprint density at radius 1 is 1.15 bits per heavy atom. The molecule has 1 aromatic heterocycles. The van der Waals surface area contributed by atoms with Gasteiger partial charge >= 0.3 is 0 Å². The molecule has 2 heterocycles. The number of nitro benzene ring substituents is 1. The van der Waals surface area contributed by atoms with Gasteiger partial charge in [-0.25, -0.2) is 4.68 Å². The first-order valence-corrected chi connectivity index (χ1v) is 10.9. The number of rotatable bonds is 7. The van der Waals surface area contributed by atoms with Crippen molar-refractivity contribution in [3.05, 3.63) is 86.7 Å². The Hall–Kier alpha value is -3.43. The molecule has 0 N–H and O–H groups in total. The maximum Gasteiger partial charge on any atom is 0.274 e. The van der Waals surface area contributed by atoms with Gasteiger partial charge in [0.2, 0.25) is 0 Å². The lowest BCUT2D eigenvalue weighted by Crippen LogP contribution is -2.48. The average Bonchev–Trinajstić information content (AvgIpc) is 3.27. The van der Waals surface area contributed by atoms with Gasteiger partial charge in [-0.3, -0.25) is 19.8 Å². The Labute approximate surface area is 196 Å². The maximum absolute atomic E-state index is 12.9. The number of carbonyl (C=O) groups excluding carboxylic acids is 1. The Morgan fingerprint density at radius 3 is 2.64 bits per heavy atom. The van der Waals surface area contributed by atoms with E-state index in [1.807, 2.05) is 4.90 Å². The molecule has 1 amide bonds. The van der Waals surface area contributed by atoms with Crippen molar-refractivity contribution in [2.75, 3.05) is 26.2 Å². The second-order valence-corrected chi connectivity index (χ2v) is 8.35. The zero-order valence-electron chi connectivity index (χ0n) is 18.2. The molecule has 9 nitrogen and oxygen atoms in total. The van der Waals surface area contributed by atoms with Gasteiger partial charge in [-0.05, 0) is 24.6 Å². The predicted molar refractivity (Wildman–Crippen MR) is 123 cm³/mol. The molecule has 33 heavy (non-hydrogen) atoms. The molecule has 0 aliphatic carbocycles. The van der Waals surface area contributed by atoms with Gasteiger partial charge in [-0.1, -0.05) is 41.4 Å². The van der Waals surface area contributed by atoms with Crippen LogP contribution in [0.2, 0.25) is 5.02 Å². The van der Waals surface area contributed by atoms with E-state index >= 15 is 0 Å². The van der Waals surface area contributed by atoms with Crippen LogP contribution in [0.3, 0.4) is 0 Å². The molecule has 1 fully saturated rings. The van der Waals surface area contributed by atoms with Crippen molar-refractivity contribution in [2.45, 2.75) is 20.2 Å². The molecule has 0 saturated carbocycles. The van der Waals surface area contributed by atoms with Crippen molar-refractivity contribution in [1.29, 1.82) is 0 Å². The molecule has 0 unspecified atom stereocenters. The lowest BCUT2D eigenvalue weighted by Gasteiger charge is -2.34. The number of nitrogens with zero attached hydrogens (tertiary/aromatic N) is 5. The van der Waals surface area contributed by atoms with Crippen LogP contribution in [0.25, 0.3) is 0 Å². The molecule has 0 atom stereocenters. The second-order valence-electron chi connectivity index (χ2n) is 7.94. The number of nitro groups is 1. The van der Waals surface area contributed by atoms with Crippen molar-refractivity contribution < 1.29 is 14.5 Å². The first-order valence-electron chi connectivity index (χ1n) is 10.6. The molecular formula is C23H24ClN5O4. The van der Waals surface area contributed by atoms with Crippen LogP contribution < -0.4 is 4.74 Å². The van der Waals surface area contributed by atoms with Crippen molar-refractivity contribution in [3.8, 4) is 5.75 Å². The van der Waals surface area contributed by atoms with E-state index in [0.29, 0.717) is 24.5 Å². The fraction of sp³-hybridized carbons (Fsp3) is 0.304. The number of ether oxygens (including phenoxy) is 1. The summed E-state index contributed by atoms with van der Waals surface area (Å²) in [6, 6.07) is 14.1. The topological polar surface area (TPSA) is 93.7 Å². The summed E-state index contributed by atoms with van der Waals surface area (Å²) in [4.78, 5) is 27.3. The van der Waals surface area contributed by atoms with Crippen LogP contribution >= 0.6 is 11.6 Å². The summed E-state index contributed by atoms with van der Waals surface area (Å²) in [6.07, 6.45) is 1.65. The largest absolute Gasteiger partial charge is 0.470 e. The summed E-state index contributed by atoms with van der Waals surface area (Å²) in [5.41, 5.74) is 2.76.